The Balaban J connectivity index is 2.03. The molecule has 0 saturated heterocycles. The summed E-state index contributed by atoms with van der Waals surface area (Å²) in [7, 11) is 3.99. The molecule has 0 bridgehead atoms. The van der Waals surface area contributed by atoms with Crippen molar-refractivity contribution in [3.8, 4) is 0 Å². The Morgan fingerprint density at radius 3 is 2.90 bits per heavy atom. The molecule has 0 fully saturated rings. The van der Waals surface area contributed by atoms with E-state index in [1.54, 1.807) is 23.6 Å². The van der Waals surface area contributed by atoms with Gasteiger partial charge in [-0.1, -0.05) is 17.7 Å². The second-order valence-corrected chi connectivity index (χ2v) is 5.95. The number of rotatable bonds is 5. The van der Waals surface area contributed by atoms with Crippen LogP contribution < -0.4 is 5.32 Å². The van der Waals surface area contributed by atoms with Gasteiger partial charge in [-0.05, 0) is 31.6 Å². The zero-order chi connectivity index (χ0) is 14.5. The van der Waals surface area contributed by atoms with E-state index >= 15 is 0 Å². The molecule has 1 amide bonds. The molecule has 106 valence electrons. The minimum absolute atomic E-state index is 0.152. The highest BCUT2D eigenvalue weighted by atomic mass is 35.5. The van der Waals surface area contributed by atoms with Crippen molar-refractivity contribution >= 4 is 28.8 Å². The maximum atomic E-state index is 12.1. The molecule has 0 aliphatic heterocycles. The average Bonchev–Trinajstić information content (AvgIpc) is 2.92. The van der Waals surface area contributed by atoms with Gasteiger partial charge in [-0.3, -0.25) is 9.78 Å². The Kier molecular flexibility index (Phi) is 5.11. The third-order valence-electron chi connectivity index (χ3n) is 2.97. The standard InChI is InChI=1S/C14H16ClN3OS/c1-18(2)12(13-4-3-7-20-13)9-17-14(19)10-5-6-16-8-11(10)15/h3-8,12H,9H2,1-2H3,(H,17,19). The molecule has 0 radical (unpaired) electrons. The minimum atomic E-state index is -0.180. The molecule has 20 heavy (non-hydrogen) atoms. The number of thiophene rings is 1. The van der Waals surface area contributed by atoms with Crippen molar-refractivity contribution in [3.05, 3.63) is 51.4 Å². The second kappa shape index (κ2) is 6.83. The zero-order valence-electron chi connectivity index (χ0n) is 11.3. The Hall–Kier alpha value is -1.43. The lowest BCUT2D eigenvalue weighted by molar-refractivity contribution is 0.0942. The van der Waals surface area contributed by atoms with Crippen molar-refractivity contribution in [2.75, 3.05) is 20.6 Å². The van der Waals surface area contributed by atoms with Gasteiger partial charge in [-0.2, -0.15) is 0 Å². The largest absolute Gasteiger partial charge is 0.350 e. The van der Waals surface area contributed by atoms with Gasteiger partial charge < -0.3 is 10.2 Å². The first kappa shape index (κ1) is 15.0. The molecule has 2 heterocycles. The van der Waals surface area contributed by atoms with E-state index in [2.05, 4.69) is 21.3 Å². The highest BCUT2D eigenvalue weighted by molar-refractivity contribution is 7.10. The molecule has 0 saturated carbocycles. The lowest BCUT2D eigenvalue weighted by Crippen LogP contribution is -2.34. The number of hydrogen-bond donors (Lipinski definition) is 1. The van der Waals surface area contributed by atoms with E-state index in [9.17, 15) is 4.79 Å². The zero-order valence-corrected chi connectivity index (χ0v) is 12.9. The van der Waals surface area contributed by atoms with Gasteiger partial charge in [0.2, 0.25) is 0 Å². The molecule has 1 N–H and O–H groups in total. The van der Waals surface area contributed by atoms with Gasteiger partial charge in [0.05, 0.1) is 16.6 Å². The maximum absolute atomic E-state index is 12.1. The molecular formula is C14H16ClN3OS. The van der Waals surface area contributed by atoms with E-state index in [1.807, 2.05) is 25.5 Å². The molecule has 2 aromatic rings. The Bertz CT molecular complexity index is 572. The first-order valence-electron chi connectivity index (χ1n) is 6.17. The molecule has 0 spiro atoms. The van der Waals surface area contributed by atoms with Gasteiger partial charge in [-0.25, -0.2) is 0 Å². The summed E-state index contributed by atoms with van der Waals surface area (Å²) in [5, 5.41) is 5.32. The number of carbonyl (C=O) groups excluding carboxylic acids is 1. The van der Waals surface area contributed by atoms with Gasteiger partial charge in [0.1, 0.15) is 0 Å². The number of aromatic nitrogens is 1. The number of nitrogens with one attached hydrogen (secondary N) is 1. The number of amides is 1. The van der Waals surface area contributed by atoms with Crippen LogP contribution in [0.5, 0.6) is 0 Å². The summed E-state index contributed by atoms with van der Waals surface area (Å²) in [5.41, 5.74) is 0.449. The van der Waals surface area contributed by atoms with E-state index < -0.39 is 0 Å². The van der Waals surface area contributed by atoms with E-state index in [-0.39, 0.29) is 11.9 Å². The lowest BCUT2D eigenvalue weighted by Gasteiger charge is -2.23. The molecular weight excluding hydrogens is 294 g/mol. The van der Waals surface area contributed by atoms with Crippen LogP contribution in [-0.4, -0.2) is 36.4 Å². The van der Waals surface area contributed by atoms with Crippen LogP contribution >= 0.6 is 22.9 Å². The molecule has 0 aliphatic rings. The number of halogens is 1. The van der Waals surface area contributed by atoms with Crippen molar-refractivity contribution in [1.82, 2.24) is 15.2 Å². The van der Waals surface area contributed by atoms with Gasteiger partial charge in [-0.15, -0.1) is 11.3 Å². The number of likely N-dealkylation sites (N-methyl/N-ethyl adjacent to an activating group) is 1. The summed E-state index contributed by atoms with van der Waals surface area (Å²) in [6.45, 7) is 0.533. The number of pyridine rings is 1. The van der Waals surface area contributed by atoms with E-state index in [4.69, 9.17) is 11.6 Å². The summed E-state index contributed by atoms with van der Waals surface area (Å²) in [6, 6.07) is 5.85. The highest BCUT2D eigenvalue weighted by Crippen LogP contribution is 2.22. The molecule has 0 aromatic carbocycles. The van der Waals surface area contributed by atoms with Crippen LogP contribution in [0.1, 0.15) is 21.3 Å². The van der Waals surface area contributed by atoms with E-state index in [0.717, 1.165) is 0 Å². The van der Waals surface area contributed by atoms with Crippen LogP contribution in [0.15, 0.2) is 36.0 Å². The quantitative estimate of drug-likeness (QED) is 0.924. The van der Waals surface area contributed by atoms with Crippen LogP contribution in [-0.2, 0) is 0 Å². The fourth-order valence-corrected chi connectivity index (χ4v) is 2.99. The van der Waals surface area contributed by atoms with Crippen molar-refractivity contribution in [1.29, 1.82) is 0 Å². The lowest BCUT2D eigenvalue weighted by atomic mass is 10.2. The Labute approximate surface area is 127 Å². The number of nitrogens with zero attached hydrogens (tertiary/aromatic N) is 2. The van der Waals surface area contributed by atoms with Gasteiger partial charge in [0.25, 0.3) is 5.91 Å². The topological polar surface area (TPSA) is 45.2 Å². The molecule has 4 nitrogen and oxygen atoms in total. The normalized spacial score (nSPS) is 12.4. The third kappa shape index (κ3) is 3.56. The van der Waals surface area contributed by atoms with Gasteiger partial charge in [0.15, 0.2) is 0 Å². The minimum Gasteiger partial charge on any atom is -0.350 e. The fraction of sp³-hybridized carbons (Fsp3) is 0.286. The molecule has 2 rings (SSSR count). The first-order chi connectivity index (χ1) is 9.59. The van der Waals surface area contributed by atoms with Crippen molar-refractivity contribution in [3.63, 3.8) is 0 Å². The highest BCUT2D eigenvalue weighted by Gasteiger charge is 2.17. The SMILES string of the molecule is CN(C)C(CNC(=O)c1ccncc1Cl)c1cccs1. The third-order valence-corrected chi connectivity index (χ3v) is 4.24. The monoisotopic (exact) mass is 309 g/mol. The predicted molar refractivity (Wildman–Crippen MR) is 82.3 cm³/mol. The van der Waals surface area contributed by atoms with E-state index in [1.165, 1.54) is 11.1 Å². The van der Waals surface area contributed by atoms with Crippen molar-refractivity contribution in [2.24, 2.45) is 0 Å². The molecule has 1 atom stereocenters. The summed E-state index contributed by atoms with van der Waals surface area (Å²) in [4.78, 5) is 19.3. The van der Waals surface area contributed by atoms with Crippen molar-refractivity contribution in [2.45, 2.75) is 6.04 Å². The molecule has 0 aliphatic carbocycles. The summed E-state index contributed by atoms with van der Waals surface area (Å²) < 4.78 is 0. The Morgan fingerprint density at radius 2 is 2.30 bits per heavy atom. The fourth-order valence-electron chi connectivity index (χ4n) is 1.86. The second-order valence-electron chi connectivity index (χ2n) is 4.56. The van der Waals surface area contributed by atoms with Gasteiger partial charge in [0, 0.05) is 23.8 Å². The summed E-state index contributed by atoms with van der Waals surface area (Å²) in [5.74, 6) is -0.180. The maximum Gasteiger partial charge on any atom is 0.252 e. The number of hydrogen-bond acceptors (Lipinski definition) is 4. The molecule has 2 aromatic heterocycles. The summed E-state index contributed by atoms with van der Waals surface area (Å²) in [6.07, 6.45) is 3.03. The smallest absolute Gasteiger partial charge is 0.252 e. The predicted octanol–water partition coefficient (Wildman–Crippen LogP) is 2.83. The molecule has 1 unspecified atom stereocenters. The van der Waals surface area contributed by atoms with Gasteiger partial charge >= 0.3 is 0 Å². The van der Waals surface area contributed by atoms with Crippen LogP contribution in [0.4, 0.5) is 0 Å². The Morgan fingerprint density at radius 1 is 1.50 bits per heavy atom. The van der Waals surface area contributed by atoms with Crippen LogP contribution in [0, 0.1) is 0 Å². The summed E-state index contributed by atoms with van der Waals surface area (Å²) >= 11 is 7.65. The van der Waals surface area contributed by atoms with Crippen LogP contribution in [0.3, 0.4) is 0 Å². The first-order valence-corrected chi connectivity index (χ1v) is 7.43. The van der Waals surface area contributed by atoms with Crippen LogP contribution in [0.25, 0.3) is 0 Å². The van der Waals surface area contributed by atoms with E-state index in [0.29, 0.717) is 17.1 Å². The van der Waals surface area contributed by atoms with Crippen molar-refractivity contribution < 1.29 is 4.79 Å². The average molecular weight is 310 g/mol. The van der Waals surface area contributed by atoms with Crippen LogP contribution in [0.2, 0.25) is 5.02 Å². The molecule has 6 heteroatoms. The number of carbonyl (C=O) groups is 1.